The van der Waals surface area contributed by atoms with Gasteiger partial charge in [-0.05, 0) is 48.9 Å². The van der Waals surface area contributed by atoms with Gasteiger partial charge in [0.15, 0.2) is 5.96 Å². The van der Waals surface area contributed by atoms with E-state index in [-0.39, 0.29) is 5.91 Å². The fourth-order valence-corrected chi connectivity index (χ4v) is 3.89. The van der Waals surface area contributed by atoms with E-state index in [4.69, 9.17) is 0 Å². The molecule has 1 aliphatic rings. The molecule has 0 aliphatic heterocycles. The molecule has 0 saturated heterocycles. The number of aliphatic imine (C=N–C) groups is 1. The molecular formula is C23H34N6O. The van der Waals surface area contributed by atoms with E-state index in [1.807, 2.05) is 16.9 Å². The second-order valence-corrected chi connectivity index (χ2v) is 7.85. The molecule has 1 heterocycles. The van der Waals surface area contributed by atoms with E-state index in [2.05, 4.69) is 50.3 Å². The Morgan fingerprint density at radius 1 is 1.07 bits per heavy atom. The Labute approximate surface area is 179 Å². The molecule has 1 aliphatic carbocycles. The molecule has 1 aromatic carbocycles. The Hall–Kier alpha value is -2.83. The van der Waals surface area contributed by atoms with Gasteiger partial charge in [-0.2, -0.15) is 5.10 Å². The number of benzene rings is 1. The van der Waals surface area contributed by atoms with Gasteiger partial charge in [-0.3, -0.25) is 9.79 Å². The second kappa shape index (κ2) is 12.0. The zero-order valence-electron chi connectivity index (χ0n) is 17.9. The predicted octanol–water partition coefficient (Wildman–Crippen LogP) is 2.67. The summed E-state index contributed by atoms with van der Waals surface area (Å²) in [5.74, 6) is 1.50. The van der Waals surface area contributed by atoms with Crippen LogP contribution in [0.2, 0.25) is 0 Å². The number of carbonyl (C=O) groups excluding carboxylic acids is 1. The molecule has 3 N–H and O–H groups in total. The quantitative estimate of drug-likeness (QED) is 0.337. The molecule has 0 bridgehead atoms. The van der Waals surface area contributed by atoms with Crippen molar-refractivity contribution in [3.8, 4) is 5.69 Å². The molecule has 0 atom stereocenters. The summed E-state index contributed by atoms with van der Waals surface area (Å²) in [7, 11) is 1.76. The number of guanidine groups is 1. The molecule has 1 fully saturated rings. The maximum atomic E-state index is 12.1. The van der Waals surface area contributed by atoms with E-state index in [1.165, 1.54) is 37.7 Å². The van der Waals surface area contributed by atoms with Crippen LogP contribution in [0.3, 0.4) is 0 Å². The van der Waals surface area contributed by atoms with Gasteiger partial charge in [0.1, 0.15) is 0 Å². The van der Waals surface area contributed by atoms with Crippen molar-refractivity contribution >= 4 is 11.9 Å². The average Bonchev–Trinajstić information content (AvgIpc) is 3.31. The summed E-state index contributed by atoms with van der Waals surface area (Å²) in [4.78, 5) is 16.3. The van der Waals surface area contributed by atoms with Crippen molar-refractivity contribution in [2.24, 2.45) is 10.9 Å². The molecule has 1 amide bonds. The molecule has 3 rings (SSSR count). The summed E-state index contributed by atoms with van der Waals surface area (Å²) in [6.45, 7) is 2.06. The molecule has 1 aromatic heterocycles. The molecule has 30 heavy (non-hydrogen) atoms. The van der Waals surface area contributed by atoms with Gasteiger partial charge in [-0.1, -0.05) is 31.4 Å². The van der Waals surface area contributed by atoms with Crippen LogP contribution in [0.1, 0.15) is 44.1 Å². The normalized spacial score (nSPS) is 15.0. The van der Waals surface area contributed by atoms with Gasteiger partial charge >= 0.3 is 0 Å². The largest absolute Gasteiger partial charge is 0.356 e. The van der Waals surface area contributed by atoms with Crippen molar-refractivity contribution in [3.63, 3.8) is 0 Å². The van der Waals surface area contributed by atoms with Gasteiger partial charge in [0.2, 0.25) is 5.91 Å². The van der Waals surface area contributed by atoms with Gasteiger partial charge in [-0.15, -0.1) is 0 Å². The SMILES string of the molecule is CN=C(NCCNC(=O)CC1CCCCC1)NCCc1ccc(-n2cccn2)cc1. The Morgan fingerprint density at radius 2 is 1.80 bits per heavy atom. The third-order valence-corrected chi connectivity index (χ3v) is 5.57. The van der Waals surface area contributed by atoms with Crippen LogP contribution in [0.5, 0.6) is 0 Å². The summed E-state index contributed by atoms with van der Waals surface area (Å²) >= 11 is 0. The second-order valence-electron chi connectivity index (χ2n) is 7.85. The van der Waals surface area contributed by atoms with Gasteiger partial charge in [0, 0.05) is 45.5 Å². The van der Waals surface area contributed by atoms with Crippen LogP contribution in [0.15, 0.2) is 47.7 Å². The number of aromatic nitrogens is 2. The van der Waals surface area contributed by atoms with E-state index < -0.39 is 0 Å². The molecular weight excluding hydrogens is 376 g/mol. The minimum atomic E-state index is 0.171. The van der Waals surface area contributed by atoms with Crippen molar-refractivity contribution in [3.05, 3.63) is 48.3 Å². The monoisotopic (exact) mass is 410 g/mol. The average molecular weight is 411 g/mol. The number of nitrogens with zero attached hydrogens (tertiary/aromatic N) is 3. The van der Waals surface area contributed by atoms with Crippen molar-refractivity contribution < 1.29 is 4.79 Å². The first-order valence-corrected chi connectivity index (χ1v) is 11.0. The molecule has 7 heteroatoms. The van der Waals surface area contributed by atoms with E-state index in [9.17, 15) is 4.79 Å². The number of carbonyl (C=O) groups is 1. The fourth-order valence-electron chi connectivity index (χ4n) is 3.89. The summed E-state index contributed by atoms with van der Waals surface area (Å²) in [6.07, 6.45) is 11.6. The number of rotatable bonds is 9. The first kappa shape index (κ1) is 21.9. The lowest BCUT2D eigenvalue weighted by molar-refractivity contribution is -0.122. The topological polar surface area (TPSA) is 83.3 Å². The van der Waals surface area contributed by atoms with Crippen molar-refractivity contribution in [2.45, 2.75) is 44.9 Å². The molecule has 7 nitrogen and oxygen atoms in total. The molecule has 2 aromatic rings. The number of hydrogen-bond acceptors (Lipinski definition) is 3. The highest BCUT2D eigenvalue weighted by Crippen LogP contribution is 2.25. The Kier molecular flexibility index (Phi) is 8.75. The first-order valence-electron chi connectivity index (χ1n) is 11.0. The van der Waals surface area contributed by atoms with E-state index in [0.717, 1.165) is 24.6 Å². The summed E-state index contributed by atoms with van der Waals surface area (Å²) in [5.41, 5.74) is 2.31. The zero-order valence-corrected chi connectivity index (χ0v) is 17.9. The summed E-state index contributed by atoms with van der Waals surface area (Å²) in [6, 6.07) is 10.3. The highest BCUT2D eigenvalue weighted by atomic mass is 16.1. The van der Waals surface area contributed by atoms with Gasteiger partial charge < -0.3 is 16.0 Å². The van der Waals surface area contributed by atoms with E-state index >= 15 is 0 Å². The number of nitrogens with one attached hydrogen (secondary N) is 3. The summed E-state index contributed by atoms with van der Waals surface area (Å²) in [5, 5.41) is 13.8. The number of amides is 1. The van der Waals surface area contributed by atoms with E-state index in [1.54, 1.807) is 13.2 Å². The minimum Gasteiger partial charge on any atom is -0.356 e. The third kappa shape index (κ3) is 7.21. The van der Waals surface area contributed by atoms with Crippen LogP contribution in [0.25, 0.3) is 5.69 Å². The van der Waals surface area contributed by atoms with Crippen molar-refractivity contribution in [1.29, 1.82) is 0 Å². The maximum Gasteiger partial charge on any atom is 0.220 e. The van der Waals surface area contributed by atoms with Crippen molar-refractivity contribution in [2.75, 3.05) is 26.7 Å². The Morgan fingerprint density at radius 3 is 2.50 bits per heavy atom. The van der Waals surface area contributed by atoms with Crippen molar-refractivity contribution in [1.82, 2.24) is 25.7 Å². The summed E-state index contributed by atoms with van der Waals surface area (Å²) < 4.78 is 1.85. The highest BCUT2D eigenvalue weighted by Gasteiger charge is 2.16. The van der Waals surface area contributed by atoms with Crippen LogP contribution in [0, 0.1) is 5.92 Å². The molecule has 0 spiro atoms. The van der Waals surface area contributed by atoms with Crippen LogP contribution in [0.4, 0.5) is 0 Å². The molecule has 0 unspecified atom stereocenters. The lowest BCUT2D eigenvalue weighted by atomic mass is 9.87. The number of hydrogen-bond donors (Lipinski definition) is 3. The first-order chi connectivity index (χ1) is 14.7. The lowest BCUT2D eigenvalue weighted by Crippen LogP contribution is -2.42. The fraction of sp³-hybridized carbons (Fsp3) is 0.522. The van der Waals surface area contributed by atoms with Gasteiger partial charge in [0.05, 0.1) is 5.69 Å². The van der Waals surface area contributed by atoms with Crippen LogP contribution < -0.4 is 16.0 Å². The van der Waals surface area contributed by atoms with Crippen LogP contribution in [-0.2, 0) is 11.2 Å². The predicted molar refractivity (Wildman–Crippen MR) is 121 cm³/mol. The van der Waals surface area contributed by atoms with Gasteiger partial charge in [-0.25, -0.2) is 4.68 Å². The minimum absolute atomic E-state index is 0.171. The zero-order chi connectivity index (χ0) is 21.0. The molecule has 162 valence electrons. The Balaban J connectivity index is 1.28. The van der Waals surface area contributed by atoms with Crippen LogP contribution in [-0.4, -0.2) is 48.3 Å². The molecule has 1 saturated carbocycles. The van der Waals surface area contributed by atoms with E-state index in [0.29, 0.717) is 25.4 Å². The standard InChI is InChI=1S/C23H34N6O/c1-24-23(27-16-15-25-22(30)18-20-6-3-2-4-7-20)26-14-12-19-8-10-21(11-9-19)29-17-5-13-28-29/h5,8-11,13,17,20H,2-4,6-7,12,14-16,18H2,1H3,(H,25,30)(H2,24,26,27). The third-order valence-electron chi connectivity index (χ3n) is 5.57. The smallest absolute Gasteiger partial charge is 0.220 e. The van der Waals surface area contributed by atoms with Crippen LogP contribution >= 0.6 is 0 Å². The van der Waals surface area contributed by atoms with Gasteiger partial charge in [0.25, 0.3) is 0 Å². The Bertz CT molecular complexity index is 779. The molecule has 0 radical (unpaired) electrons. The lowest BCUT2D eigenvalue weighted by Gasteiger charge is -2.20. The maximum absolute atomic E-state index is 12.1. The highest BCUT2D eigenvalue weighted by molar-refractivity contribution is 5.80.